The molecule has 0 saturated carbocycles. The van der Waals surface area contributed by atoms with Crippen LogP contribution < -0.4 is 4.90 Å². The fraction of sp³-hybridized carbons (Fsp3) is 0.545. The highest BCUT2D eigenvalue weighted by atomic mass is 32.2. The van der Waals surface area contributed by atoms with E-state index in [1.165, 1.54) is 0 Å². The van der Waals surface area contributed by atoms with Crippen LogP contribution in [0.1, 0.15) is 39.0 Å². The maximum absolute atomic E-state index is 12.8. The molecule has 0 N–H and O–H groups in total. The Labute approximate surface area is 179 Å². The van der Waals surface area contributed by atoms with Gasteiger partial charge in [-0.25, -0.2) is 18.4 Å². The molecule has 162 valence electrons. The van der Waals surface area contributed by atoms with Crippen molar-refractivity contribution in [2.24, 2.45) is 0 Å². The summed E-state index contributed by atoms with van der Waals surface area (Å²) in [6.45, 7) is 9.79. The van der Waals surface area contributed by atoms with Crippen molar-refractivity contribution < 1.29 is 13.2 Å². The summed E-state index contributed by atoms with van der Waals surface area (Å²) in [5.74, 6) is 1.53. The highest BCUT2D eigenvalue weighted by Gasteiger charge is 2.34. The van der Waals surface area contributed by atoms with Crippen LogP contribution in [0.4, 0.5) is 5.82 Å². The second kappa shape index (κ2) is 8.24. The van der Waals surface area contributed by atoms with Gasteiger partial charge in [-0.3, -0.25) is 0 Å². The van der Waals surface area contributed by atoms with Gasteiger partial charge in [-0.05, 0) is 27.7 Å². The molecule has 3 heterocycles. The Balaban J connectivity index is 1.80. The third-order valence-corrected chi connectivity index (χ3v) is 7.93. The number of morpholine rings is 1. The molecule has 0 amide bonds. The fourth-order valence-corrected chi connectivity index (χ4v) is 5.47. The predicted octanol–water partition coefficient (Wildman–Crippen LogP) is 2.85. The lowest BCUT2D eigenvalue weighted by Gasteiger charge is -2.39. The molecule has 1 saturated heterocycles. The molecule has 2 aliphatic heterocycles. The molecule has 30 heavy (non-hydrogen) atoms. The summed E-state index contributed by atoms with van der Waals surface area (Å²) < 4.78 is 33.2. The van der Waals surface area contributed by atoms with Crippen molar-refractivity contribution >= 4 is 15.8 Å². The Morgan fingerprint density at radius 3 is 2.37 bits per heavy atom. The average Bonchev–Trinajstić information content (AvgIpc) is 2.72. The van der Waals surface area contributed by atoms with E-state index in [4.69, 9.17) is 14.7 Å². The molecule has 1 aromatic carbocycles. The minimum atomic E-state index is -3.34. The zero-order valence-corrected chi connectivity index (χ0v) is 18.9. The molecular weight excluding hydrogens is 400 g/mol. The van der Waals surface area contributed by atoms with E-state index in [0.29, 0.717) is 25.3 Å². The molecule has 0 aliphatic carbocycles. The van der Waals surface area contributed by atoms with Crippen molar-refractivity contribution in [1.29, 1.82) is 0 Å². The molecule has 2 atom stereocenters. The van der Waals surface area contributed by atoms with Crippen LogP contribution in [0, 0.1) is 0 Å². The van der Waals surface area contributed by atoms with E-state index in [1.807, 2.05) is 30.3 Å². The summed E-state index contributed by atoms with van der Waals surface area (Å²) in [5, 5.41) is -0.449. The number of nitrogens with zero attached hydrogens (tertiary/aromatic N) is 4. The van der Waals surface area contributed by atoms with Gasteiger partial charge in [0.15, 0.2) is 5.82 Å². The Morgan fingerprint density at radius 1 is 1.07 bits per heavy atom. The van der Waals surface area contributed by atoms with E-state index in [1.54, 1.807) is 18.2 Å². The van der Waals surface area contributed by atoms with Gasteiger partial charge in [-0.1, -0.05) is 30.3 Å². The van der Waals surface area contributed by atoms with E-state index in [2.05, 4.69) is 18.7 Å². The van der Waals surface area contributed by atoms with Gasteiger partial charge in [0.1, 0.15) is 5.82 Å². The molecule has 2 aliphatic rings. The standard InChI is InChI=1S/C22H30N4O3S/c1-15(2)30(27,28)26-11-10-20-19(14-26)22(25-12-16(3)29-17(4)13-25)24-21(23-20)18-8-6-5-7-9-18/h5-9,15-17H,10-14H2,1-4H3. The molecule has 0 spiro atoms. The second-order valence-electron chi connectivity index (χ2n) is 8.50. The molecule has 2 unspecified atom stereocenters. The minimum absolute atomic E-state index is 0.0821. The maximum atomic E-state index is 12.8. The van der Waals surface area contributed by atoms with Crippen LogP contribution in [0.15, 0.2) is 30.3 Å². The zero-order valence-electron chi connectivity index (χ0n) is 18.1. The summed E-state index contributed by atoms with van der Waals surface area (Å²) in [6, 6.07) is 9.95. The molecule has 1 aromatic heterocycles. The van der Waals surface area contributed by atoms with Crippen molar-refractivity contribution in [3.63, 3.8) is 0 Å². The van der Waals surface area contributed by atoms with Crippen LogP contribution in [0.5, 0.6) is 0 Å². The lowest BCUT2D eigenvalue weighted by molar-refractivity contribution is -0.00555. The van der Waals surface area contributed by atoms with E-state index in [-0.39, 0.29) is 12.2 Å². The maximum Gasteiger partial charge on any atom is 0.216 e. The zero-order chi connectivity index (χ0) is 21.5. The first-order valence-corrected chi connectivity index (χ1v) is 12.1. The SMILES string of the molecule is CC1CN(c2nc(-c3ccccc3)nc3c2CN(S(=O)(=O)C(C)C)CC3)CC(C)O1. The monoisotopic (exact) mass is 430 g/mol. The van der Waals surface area contributed by atoms with Gasteiger partial charge in [-0.2, -0.15) is 4.31 Å². The number of hydrogen-bond donors (Lipinski definition) is 0. The number of rotatable bonds is 4. The Hall–Kier alpha value is -2.03. The molecular formula is C22H30N4O3S. The Morgan fingerprint density at radius 2 is 1.73 bits per heavy atom. The Kier molecular flexibility index (Phi) is 5.83. The number of anilines is 1. The van der Waals surface area contributed by atoms with Gasteiger partial charge in [-0.15, -0.1) is 0 Å². The number of fused-ring (bicyclic) bond motifs is 1. The van der Waals surface area contributed by atoms with Crippen LogP contribution in [0.2, 0.25) is 0 Å². The Bertz CT molecular complexity index is 1000. The number of sulfonamides is 1. The highest BCUT2D eigenvalue weighted by Crippen LogP contribution is 2.32. The van der Waals surface area contributed by atoms with Crippen molar-refractivity contribution in [2.45, 2.75) is 58.1 Å². The second-order valence-corrected chi connectivity index (χ2v) is 11.0. The van der Waals surface area contributed by atoms with Crippen LogP contribution >= 0.6 is 0 Å². The van der Waals surface area contributed by atoms with Gasteiger partial charge >= 0.3 is 0 Å². The molecule has 1 fully saturated rings. The van der Waals surface area contributed by atoms with E-state index >= 15 is 0 Å². The van der Waals surface area contributed by atoms with Crippen LogP contribution in [-0.2, 0) is 27.7 Å². The van der Waals surface area contributed by atoms with Crippen molar-refractivity contribution in [1.82, 2.24) is 14.3 Å². The third-order valence-electron chi connectivity index (χ3n) is 5.71. The highest BCUT2D eigenvalue weighted by molar-refractivity contribution is 7.89. The van der Waals surface area contributed by atoms with Crippen LogP contribution in [0.25, 0.3) is 11.4 Å². The van der Waals surface area contributed by atoms with Crippen LogP contribution in [-0.4, -0.2) is 59.8 Å². The van der Waals surface area contributed by atoms with E-state index in [9.17, 15) is 8.42 Å². The summed E-state index contributed by atoms with van der Waals surface area (Å²) >= 11 is 0. The van der Waals surface area contributed by atoms with Gasteiger partial charge in [0.25, 0.3) is 0 Å². The van der Waals surface area contributed by atoms with Gasteiger partial charge < -0.3 is 9.64 Å². The number of hydrogen-bond acceptors (Lipinski definition) is 6. The first-order valence-electron chi connectivity index (χ1n) is 10.6. The molecule has 0 radical (unpaired) electrons. The van der Waals surface area contributed by atoms with E-state index in [0.717, 1.165) is 35.7 Å². The average molecular weight is 431 g/mol. The summed E-state index contributed by atoms with van der Waals surface area (Å²) in [6.07, 6.45) is 0.754. The van der Waals surface area contributed by atoms with Crippen molar-refractivity contribution in [2.75, 3.05) is 24.5 Å². The van der Waals surface area contributed by atoms with Crippen molar-refractivity contribution in [3.05, 3.63) is 41.6 Å². The lowest BCUT2D eigenvalue weighted by atomic mass is 10.1. The van der Waals surface area contributed by atoms with Gasteiger partial charge in [0.2, 0.25) is 10.0 Å². The summed E-state index contributed by atoms with van der Waals surface area (Å²) in [7, 11) is -3.34. The minimum Gasteiger partial charge on any atom is -0.372 e. The predicted molar refractivity (Wildman–Crippen MR) is 118 cm³/mol. The molecule has 2 aromatic rings. The van der Waals surface area contributed by atoms with Crippen molar-refractivity contribution in [3.8, 4) is 11.4 Å². The molecule has 8 heteroatoms. The summed E-state index contributed by atoms with van der Waals surface area (Å²) in [5.41, 5.74) is 2.83. The lowest BCUT2D eigenvalue weighted by Crippen LogP contribution is -2.47. The topological polar surface area (TPSA) is 75.6 Å². The summed E-state index contributed by atoms with van der Waals surface area (Å²) in [4.78, 5) is 12.0. The third kappa shape index (κ3) is 4.08. The fourth-order valence-electron chi connectivity index (χ4n) is 4.22. The smallest absolute Gasteiger partial charge is 0.216 e. The number of aromatic nitrogens is 2. The van der Waals surface area contributed by atoms with E-state index < -0.39 is 15.3 Å². The first kappa shape index (κ1) is 21.2. The van der Waals surface area contributed by atoms with Crippen LogP contribution in [0.3, 0.4) is 0 Å². The number of ether oxygens (including phenoxy) is 1. The molecule has 7 nitrogen and oxygen atoms in total. The first-order chi connectivity index (χ1) is 14.3. The normalized spacial score (nSPS) is 22.9. The van der Waals surface area contributed by atoms with Gasteiger partial charge in [0.05, 0.1) is 23.2 Å². The molecule has 0 bridgehead atoms. The quantitative estimate of drug-likeness (QED) is 0.743. The number of benzene rings is 1. The molecule has 4 rings (SSSR count). The largest absolute Gasteiger partial charge is 0.372 e. The van der Waals surface area contributed by atoms with Gasteiger partial charge in [0, 0.05) is 43.7 Å².